The van der Waals surface area contributed by atoms with Crippen molar-refractivity contribution < 1.29 is 0 Å². The highest BCUT2D eigenvalue weighted by molar-refractivity contribution is 7.12. The molecule has 0 aliphatic heterocycles. The first-order valence-electron chi connectivity index (χ1n) is 5.85. The van der Waals surface area contributed by atoms with Crippen molar-refractivity contribution in [2.45, 2.75) is 45.4 Å². The van der Waals surface area contributed by atoms with E-state index in [1.165, 1.54) is 29.0 Å². The first-order chi connectivity index (χ1) is 7.05. The van der Waals surface area contributed by atoms with Gasteiger partial charge in [0.15, 0.2) is 0 Å². The third-order valence-electron chi connectivity index (χ3n) is 3.89. The zero-order valence-corrected chi connectivity index (χ0v) is 10.8. The maximum atomic E-state index is 5.97. The Bertz CT molecular complexity index is 353. The fraction of sp³-hybridized carbons (Fsp3) is 0.692. The molecule has 2 heteroatoms. The minimum absolute atomic E-state index is 0.295. The Hall–Kier alpha value is -0.340. The lowest BCUT2D eigenvalue weighted by atomic mass is 9.94. The van der Waals surface area contributed by atoms with Crippen LogP contribution in [-0.4, -0.2) is 6.54 Å². The highest BCUT2D eigenvalue weighted by atomic mass is 32.1. The quantitative estimate of drug-likeness (QED) is 0.832. The number of rotatable bonds is 4. The first-order valence-corrected chi connectivity index (χ1v) is 6.66. The Labute approximate surface area is 96.7 Å². The van der Waals surface area contributed by atoms with Crippen LogP contribution in [0.25, 0.3) is 0 Å². The lowest BCUT2D eigenvalue weighted by Gasteiger charge is -2.16. The fourth-order valence-electron chi connectivity index (χ4n) is 2.60. The predicted molar refractivity (Wildman–Crippen MR) is 67.4 cm³/mol. The normalized spacial score (nSPS) is 28.0. The second-order valence-corrected chi connectivity index (χ2v) is 6.53. The molecule has 1 aliphatic carbocycles. The molecule has 0 spiro atoms. The van der Waals surface area contributed by atoms with Gasteiger partial charge in [-0.25, -0.2) is 0 Å². The van der Waals surface area contributed by atoms with Gasteiger partial charge in [-0.3, -0.25) is 0 Å². The van der Waals surface area contributed by atoms with Gasteiger partial charge in [0.25, 0.3) is 0 Å². The van der Waals surface area contributed by atoms with Crippen molar-refractivity contribution in [1.29, 1.82) is 0 Å². The third-order valence-corrected chi connectivity index (χ3v) is 5.24. The van der Waals surface area contributed by atoms with E-state index in [0.29, 0.717) is 10.8 Å². The summed E-state index contributed by atoms with van der Waals surface area (Å²) >= 11 is 1.97. The molecule has 2 rings (SSSR count). The molecule has 84 valence electrons. The second-order valence-electron chi connectivity index (χ2n) is 5.36. The molecule has 1 fully saturated rings. The fourth-order valence-corrected chi connectivity index (χ4v) is 4.08. The van der Waals surface area contributed by atoms with E-state index >= 15 is 0 Å². The van der Waals surface area contributed by atoms with E-state index in [4.69, 9.17) is 5.73 Å². The molecular formula is C13H21NS. The number of thiophene rings is 1. The van der Waals surface area contributed by atoms with Crippen molar-refractivity contribution in [2.24, 2.45) is 11.1 Å². The second kappa shape index (κ2) is 3.60. The van der Waals surface area contributed by atoms with Crippen LogP contribution in [0, 0.1) is 5.41 Å². The summed E-state index contributed by atoms with van der Waals surface area (Å²) in [5, 5.41) is 0. The van der Waals surface area contributed by atoms with Gasteiger partial charge in [-0.05, 0) is 30.4 Å². The Morgan fingerprint density at radius 2 is 2.07 bits per heavy atom. The molecule has 15 heavy (non-hydrogen) atoms. The summed E-state index contributed by atoms with van der Waals surface area (Å²) in [5.41, 5.74) is 6.67. The van der Waals surface area contributed by atoms with Gasteiger partial charge in [0.1, 0.15) is 0 Å². The van der Waals surface area contributed by atoms with E-state index in [1.807, 2.05) is 11.3 Å². The van der Waals surface area contributed by atoms with Crippen LogP contribution >= 0.6 is 11.3 Å². The highest BCUT2D eigenvalue weighted by Gasteiger charge is 2.61. The topological polar surface area (TPSA) is 26.0 Å². The molecule has 1 aromatic heterocycles. The molecule has 0 radical (unpaired) electrons. The van der Waals surface area contributed by atoms with E-state index in [-0.39, 0.29) is 0 Å². The summed E-state index contributed by atoms with van der Waals surface area (Å²) in [6.07, 6.45) is 3.70. The van der Waals surface area contributed by atoms with Gasteiger partial charge in [0.2, 0.25) is 0 Å². The van der Waals surface area contributed by atoms with Gasteiger partial charge in [-0.15, -0.1) is 11.3 Å². The molecular weight excluding hydrogens is 202 g/mol. The SMILES string of the molecule is CCCc1ccc(C2(CN)CC2(C)C)s1. The van der Waals surface area contributed by atoms with Gasteiger partial charge >= 0.3 is 0 Å². The largest absolute Gasteiger partial charge is 0.330 e. The molecule has 1 aromatic rings. The molecule has 1 aliphatic rings. The van der Waals surface area contributed by atoms with Crippen molar-refractivity contribution in [3.05, 3.63) is 21.9 Å². The molecule has 0 bridgehead atoms. The van der Waals surface area contributed by atoms with E-state index in [1.54, 1.807) is 0 Å². The van der Waals surface area contributed by atoms with Crippen LogP contribution in [-0.2, 0) is 11.8 Å². The summed E-state index contributed by atoms with van der Waals surface area (Å²) in [7, 11) is 0. The highest BCUT2D eigenvalue weighted by Crippen LogP contribution is 2.64. The monoisotopic (exact) mass is 223 g/mol. The number of nitrogens with two attached hydrogens (primary N) is 1. The van der Waals surface area contributed by atoms with Crippen LogP contribution in [0.3, 0.4) is 0 Å². The minimum atomic E-state index is 0.295. The summed E-state index contributed by atoms with van der Waals surface area (Å²) in [6, 6.07) is 4.59. The predicted octanol–water partition coefficient (Wildman–Crippen LogP) is 3.33. The van der Waals surface area contributed by atoms with Gasteiger partial charge < -0.3 is 5.73 Å². The Morgan fingerprint density at radius 1 is 1.40 bits per heavy atom. The standard InChI is InChI=1S/C13H21NS/c1-4-5-10-6-7-11(15-10)13(9-14)8-12(13,2)3/h6-7H,4-5,8-9,14H2,1-3H3. The van der Waals surface area contributed by atoms with E-state index in [0.717, 1.165) is 6.54 Å². The molecule has 1 heterocycles. The molecule has 0 amide bonds. The van der Waals surface area contributed by atoms with Crippen LogP contribution in [0.15, 0.2) is 12.1 Å². The van der Waals surface area contributed by atoms with Crippen LogP contribution in [0.5, 0.6) is 0 Å². The van der Waals surface area contributed by atoms with Crippen molar-refractivity contribution in [3.8, 4) is 0 Å². The summed E-state index contributed by atoms with van der Waals surface area (Å²) in [4.78, 5) is 3.03. The van der Waals surface area contributed by atoms with Crippen molar-refractivity contribution in [2.75, 3.05) is 6.54 Å². The molecule has 1 saturated carbocycles. The zero-order chi connectivity index (χ0) is 11.1. The average Bonchev–Trinajstić information content (AvgIpc) is 2.59. The molecule has 1 nitrogen and oxygen atoms in total. The van der Waals surface area contributed by atoms with Gasteiger partial charge in [0.05, 0.1) is 0 Å². The van der Waals surface area contributed by atoms with Crippen LogP contribution < -0.4 is 5.73 Å². The smallest absolute Gasteiger partial charge is 0.0226 e. The van der Waals surface area contributed by atoms with Crippen molar-refractivity contribution in [1.82, 2.24) is 0 Å². The minimum Gasteiger partial charge on any atom is -0.330 e. The molecule has 0 aromatic carbocycles. The number of aryl methyl sites for hydroxylation is 1. The van der Waals surface area contributed by atoms with Gasteiger partial charge in [0, 0.05) is 21.7 Å². The molecule has 1 unspecified atom stereocenters. The van der Waals surface area contributed by atoms with Crippen molar-refractivity contribution >= 4 is 11.3 Å². The van der Waals surface area contributed by atoms with Crippen molar-refractivity contribution in [3.63, 3.8) is 0 Å². The Morgan fingerprint density at radius 3 is 2.53 bits per heavy atom. The first kappa shape index (κ1) is 11.2. The molecule has 0 saturated heterocycles. The van der Waals surface area contributed by atoms with E-state index < -0.39 is 0 Å². The van der Waals surface area contributed by atoms with Gasteiger partial charge in [-0.2, -0.15) is 0 Å². The Kier molecular flexibility index (Phi) is 2.68. The lowest BCUT2D eigenvalue weighted by molar-refractivity contribution is 0.509. The zero-order valence-electron chi connectivity index (χ0n) is 9.97. The molecule has 2 N–H and O–H groups in total. The average molecular weight is 223 g/mol. The maximum Gasteiger partial charge on any atom is 0.0226 e. The number of hydrogen-bond acceptors (Lipinski definition) is 2. The third kappa shape index (κ3) is 1.64. The van der Waals surface area contributed by atoms with Crippen LogP contribution in [0.4, 0.5) is 0 Å². The summed E-state index contributed by atoms with van der Waals surface area (Å²) in [5.74, 6) is 0. The lowest BCUT2D eigenvalue weighted by Crippen LogP contribution is -2.24. The van der Waals surface area contributed by atoms with Gasteiger partial charge in [-0.1, -0.05) is 27.2 Å². The maximum absolute atomic E-state index is 5.97. The van der Waals surface area contributed by atoms with Crippen LogP contribution in [0.1, 0.15) is 43.4 Å². The Balaban J connectivity index is 2.22. The molecule has 1 atom stereocenters. The number of hydrogen-bond donors (Lipinski definition) is 1. The summed E-state index contributed by atoms with van der Waals surface area (Å²) in [6.45, 7) is 7.70. The van der Waals surface area contributed by atoms with E-state index in [9.17, 15) is 0 Å². The summed E-state index contributed by atoms with van der Waals surface area (Å²) < 4.78 is 0. The van der Waals surface area contributed by atoms with E-state index in [2.05, 4.69) is 32.9 Å². The van der Waals surface area contributed by atoms with Crippen LogP contribution in [0.2, 0.25) is 0 Å².